The van der Waals surface area contributed by atoms with E-state index in [0.717, 1.165) is 55.2 Å². The van der Waals surface area contributed by atoms with Crippen LogP contribution < -0.4 is 4.74 Å². The molecule has 0 aliphatic rings. The lowest BCUT2D eigenvalue weighted by atomic mass is 9.96. The van der Waals surface area contributed by atoms with Crippen molar-refractivity contribution < 1.29 is 44.3 Å². The minimum atomic E-state index is -4.79. The molecule has 1 nitrogen and oxygen atoms in total. The Bertz CT molecular complexity index is 1910. The van der Waals surface area contributed by atoms with Gasteiger partial charge in [0, 0.05) is 23.3 Å². The summed E-state index contributed by atoms with van der Waals surface area (Å²) < 4.78 is 138. The minimum Gasteiger partial charge on any atom is -0.429 e. The van der Waals surface area contributed by atoms with Gasteiger partial charge in [-0.1, -0.05) is 61.7 Å². The summed E-state index contributed by atoms with van der Waals surface area (Å²) in [4.78, 5) is 0. The molecule has 0 aliphatic heterocycles. The maximum atomic E-state index is 15.2. The fourth-order valence-corrected chi connectivity index (χ4v) is 5.30. The van der Waals surface area contributed by atoms with Crippen LogP contribution in [0.15, 0.2) is 78.9 Å². The molecule has 0 radical (unpaired) electrons. The van der Waals surface area contributed by atoms with Gasteiger partial charge in [-0.15, -0.1) is 0 Å². The summed E-state index contributed by atoms with van der Waals surface area (Å²) in [5, 5.41) is -0.321. The molecule has 0 aliphatic carbocycles. The third-order valence-corrected chi connectivity index (χ3v) is 7.80. The highest BCUT2D eigenvalue weighted by Gasteiger charge is 2.41. The average molecular weight is 679 g/mol. The molecular formula is C36H24ClF9O. The van der Waals surface area contributed by atoms with Gasteiger partial charge in [0.2, 0.25) is 0 Å². The normalized spacial score (nSPS) is 11.6. The van der Waals surface area contributed by atoms with Crippen molar-refractivity contribution in [3.8, 4) is 39.1 Å². The van der Waals surface area contributed by atoms with Gasteiger partial charge in [0.15, 0.2) is 0 Å². The number of aryl methyl sites for hydroxylation is 1. The Morgan fingerprint density at radius 3 is 1.72 bits per heavy atom. The predicted molar refractivity (Wildman–Crippen MR) is 162 cm³/mol. The van der Waals surface area contributed by atoms with Crippen LogP contribution in [-0.4, -0.2) is 0 Å². The second-order valence-corrected chi connectivity index (χ2v) is 11.2. The first-order valence-electron chi connectivity index (χ1n) is 14.4. The molecule has 244 valence electrons. The van der Waals surface area contributed by atoms with Crippen molar-refractivity contribution in [1.29, 1.82) is 0 Å². The number of hydrogen-bond acceptors (Lipinski definition) is 1. The van der Waals surface area contributed by atoms with Crippen molar-refractivity contribution in [3.63, 3.8) is 0 Å². The summed E-state index contributed by atoms with van der Waals surface area (Å²) in [6.45, 7) is 2.05. The first-order chi connectivity index (χ1) is 22.3. The van der Waals surface area contributed by atoms with Gasteiger partial charge < -0.3 is 4.74 Å². The Morgan fingerprint density at radius 1 is 0.574 bits per heavy atom. The van der Waals surface area contributed by atoms with E-state index in [1.807, 2.05) is 6.92 Å². The second-order valence-electron chi connectivity index (χ2n) is 10.8. The lowest BCUT2D eigenvalue weighted by Crippen LogP contribution is -2.25. The van der Waals surface area contributed by atoms with Crippen molar-refractivity contribution in [2.45, 2.75) is 38.7 Å². The van der Waals surface area contributed by atoms with Crippen molar-refractivity contribution in [3.05, 3.63) is 136 Å². The molecule has 11 heteroatoms. The third kappa shape index (κ3) is 7.27. The summed E-state index contributed by atoms with van der Waals surface area (Å²) in [5.41, 5.74) is -2.77. The largest absolute Gasteiger partial charge is 0.432 e. The van der Waals surface area contributed by atoms with Crippen LogP contribution in [0.2, 0.25) is 5.02 Å². The zero-order chi connectivity index (χ0) is 34.0. The molecule has 0 heterocycles. The van der Waals surface area contributed by atoms with Crippen LogP contribution in [0, 0.1) is 40.7 Å². The first-order valence-corrected chi connectivity index (χ1v) is 14.8. The molecule has 0 aromatic heterocycles. The smallest absolute Gasteiger partial charge is 0.429 e. The van der Waals surface area contributed by atoms with E-state index >= 15 is 22.0 Å². The highest BCUT2D eigenvalue weighted by molar-refractivity contribution is 6.30. The van der Waals surface area contributed by atoms with Crippen LogP contribution in [0.1, 0.15) is 37.3 Å². The average Bonchev–Trinajstić information content (AvgIpc) is 2.98. The van der Waals surface area contributed by atoms with E-state index in [0.29, 0.717) is 30.7 Å². The number of unbranched alkanes of at least 4 members (excludes halogenated alkanes) is 2. The summed E-state index contributed by atoms with van der Waals surface area (Å²) in [6, 6.07) is 12.4. The number of hydrogen-bond donors (Lipinski definition) is 0. The molecule has 0 N–H and O–H groups in total. The van der Waals surface area contributed by atoms with Gasteiger partial charge in [-0.3, -0.25) is 0 Å². The highest BCUT2D eigenvalue weighted by Crippen LogP contribution is 2.40. The molecule has 0 fully saturated rings. The summed E-state index contributed by atoms with van der Waals surface area (Å²) in [6.07, 6.45) is -1.22. The van der Waals surface area contributed by atoms with Gasteiger partial charge in [0.25, 0.3) is 0 Å². The Morgan fingerprint density at radius 2 is 1.13 bits per heavy atom. The van der Waals surface area contributed by atoms with E-state index in [2.05, 4.69) is 4.74 Å². The minimum absolute atomic E-state index is 0.0976. The Kier molecular flexibility index (Phi) is 9.91. The van der Waals surface area contributed by atoms with Gasteiger partial charge in [0.1, 0.15) is 52.0 Å². The van der Waals surface area contributed by atoms with Crippen LogP contribution >= 0.6 is 11.6 Å². The number of halogens is 10. The van der Waals surface area contributed by atoms with Crippen LogP contribution in [0.5, 0.6) is 5.75 Å². The Balaban J connectivity index is 1.39. The van der Waals surface area contributed by atoms with Gasteiger partial charge in [-0.2, -0.15) is 8.78 Å². The van der Waals surface area contributed by atoms with Gasteiger partial charge in [-0.25, -0.2) is 30.7 Å². The zero-order valence-electron chi connectivity index (χ0n) is 24.5. The van der Waals surface area contributed by atoms with Crippen molar-refractivity contribution in [2.24, 2.45) is 0 Å². The van der Waals surface area contributed by atoms with E-state index in [1.165, 1.54) is 18.2 Å². The van der Waals surface area contributed by atoms with E-state index < -0.39 is 69.3 Å². The molecule has 0 atom stereocenters. The van der Waals surface area contributed by atoms with Crippen LogP contribution in [0.3, 0.4) is 0 Å². The predicted octanol–water partition coefficient (Wildman–Crippen LogP) is 12.2. The van der Waals surface area contributed by atoms with Gasteiger partial charge >= 0.3 is 6.11 Å². The molecule has 5 aromatic rings. The second kappa shape index (κ2) is 13.7. The summed E-state index contributed by atoms with van der Waals surface area (Å²) >= 11 is 5.58. The Hall–Kier alpha value is -4.44. The monoisotopic (exact) mass is 678 g/mol. The number of rotatable bonds is 10. The van der Waals surface area contributed by atoms with Crippen molar-refractivity contribution >= 4 is 11.6 Å². The van der Waals surface area contributed by atoms with E-state index in [-0.39, 0.29) is 27.3 Å². The molecule has 0 saturated heterocycles. The zero-order valence-corrected chi connectivity index (χ0v) is 25.3. The van der Waals surface area contributed by atoms with Gasteiger partial charge in [-0.05, 0) is 71.5 Å². The standard InChI is InChI=1S/C36H24ClF9O/c1-2-3-4-5-19-6-9-24(27(38)12-19)20-7-10-25(28(39)13-20)22-15-32(43)35(33(44)16-22)36(45,46)47-23-17-30(41)34(31(42)18-23)21-8-11-26(37)29(40)14-21/h6-18H,2-5H2,1H3. The van der Waals surface area contributed by atoms with Crippen LogP contribution in [0.4, 0.5) is 39.5 Å². The summed E-state index contributed by atoms with van der Waals surface area (Å²) in [5.74, 6) is -10.3. The molecule has 5 rings (SSSR count). The first kappa shape index (κ1) is 33.9. The molecular weight excluding hydrogens is 655 g/mol. The third-order valence-electron chi connectivity index (χ3n) is 7.50. The highest BCUT2D eigenvalue weighted by atomic mass is 35.5. The molecule has 0 unspecified atom stereocenters. The molecule has 0 saturated carbocycles. The van der Waals surface area contributed by atoms with Gasteiger partial charge in [0.05, 0.1) is 10.6 Å². The topological polar surface area (TPSA) is 9.23 Å². The van der Waals surface area contributed by atoms with E-state index in [9.17, 15) is 17.6 Å². The molecule has 0 spiro atoms. The van der Waals surface area contributed by atoms with E-state index in [1.54, 1.807) is 6.07 Å². The number of benzene rings is 5. The SMILES string of the molecule is CCCCCc1ccc(-c2ccc(-c3cc(F)c(C(F)(F)Oc4cc(F)c(-c5ccc(Cl)c(F)c5)c(F)c4)c(F)c3)c(F)c2)c(F)c1. The van der Waals surface area contributed by atoms with E-state index in [4.69, 9.17) is 11.6 Å². The lowest BCUT2D eigenvalue weighted by molar-refractivity contribution is -0.189. The Labute approximate surface area is 269 Å². The fraction of sp³-hybridized carbons (Fsp3) is 0.167. The number of ether oxygens (including phenoxy) is 1. The molecule has 5 aromatic carbocycles. The van der Waals surface area contributed by atoms with Crippen LogP contribution in [-0.2, 0) is 12.5 Å². The van der Waals surface area contributed by atoms with Crippen molar-refractivity contribution in [1.82, 2.24) is 0 Å². The lowest BCUT2D eigenvalue weighted by Gasteiger charge is -2.20. The quantitative estimate of drug-likeness (QED) is 0.106. The molecule has 0 bridgehead atoms. The molecule has 47 heavy (non-hydrogen) atoms. The fourth-order valence-electron chi connectivity index (χ4n) is 5.19. The molecule has 0 amide bonds. The maximum Gasteiger partial charge on any atom is 0.432 e. The number of alkyl halides is 2. The van der Waals surface area contributed by atoms with Crippen LogP contribution in [0.25, 0.3) is 33.4 Å². The summed E-state index contributed by atoms with van der Waals surface area (Å²) in [7, 11) is 0. The maximum absolute atomic E-state index is 15.2. The van der Waals surface area contributed by atoms with Crippen molar-refractivity contribution in [2.75, 3.05) is 0 Å².